The predicted octanol–water partition coefficient (Wildman–Crippen LogP) is 0.695. The van der Waals surface area contributed by atoms with Crippen LogP contribution in [0, 0.1) is 0 Å². The number of hydrogen-bond donors (Lipinski definition) is 1. The van der Waals surface area contributed by atoms with Crippen molar-refractivity contribution in [3.8, 4) is 0 Å². The van der Waals surface area contributed by atoms with Crippen molar-refractivity contribution in [2.45, 2.75) is 12.1 Å². The number of cyclic esters (lactones) is 1. The number of ether oxygens (including phenoxy) is 2. The van der Waals surface area contributed by atoms with Gasteiger partial charge in [0.05, 0.1) is 13.2 Å². The topological polar surface area (TPSA) is 67.9 Å². The molecule has 6 heteroatoms. The fourth-order valence-electron chi connectivity index (χ4n) is 2.50. The lowest BCUT2D eigenvalue weighted by Gasteiger charge is -2.29. The van der Waals surface area contributed by atoms with Crippen LogP contribution < -0.4 is 5.32 Å². The smallest absolute Gasteiger partial charge is 0.408 e. The second kappa shape index (κ2) is 5.50. The zero-order chi connectivity index (χ0) is 13.9. The molecule has 2 amide bonds. The SMILES string of the molecule is O=C1N[C@@H](c2ccccc2)[C@H](C(=O)N2CCOCC2)O1. The first-order valence-electron chi connectivity index (χ1n) is 6.64. The number of nitrogens with one attached hydrogen (secondary N) is 1. The van der Waals surface area contributed by atoms with E-state index in [2.05, 4.69) is 5.32 Å². The maximum atomic E-state index is 12.5. The second-order valence-electron chi connectivity index (χ2n) is 4.80. The molecule has 2 heterocycles. The van der Waals surface area contributed by atoms with Gasteiger partial charge in [-0.1, -0.05) is 30.3 Å². The van der Waals surface area contributed by atoms with Crippen LogP contribution in [0.4, 0.5) is 4.79 Å². The summed E-state index contributed by atoms with van der Waals surface area (Å²) in [5.41, 5.74) is 0.866. The monoisotopic (exact) mass is 276 g/mol. The minimum atomic E-state index is -0.803. The Morgan fingerprint density at radius 2 is 1.90 bits per heavy atom. The summed E-state index contributed by atoms with van der Waals surface area (Å²) in [6, 6.07) is 8.95. The Morgan fingerprint density at radius 1 is 1.20 bits per heavy atom. The molecule has 6 nitrogen and oxygen atoms in total. The Balaban J connectivity index is 1.79. The van der Waals surface area contributed by atoms with Crippen LogP contribution in [0.5, 0.6) is 0 Å². The number of hydrogen-bond acceptors (Lipinski definition) is 4. The maximum Gasteiger partial charge on any atom is 0.408 e. The number of morpholine rings is 1. The van der Waals surface area contributed by atoms with Crippen LogP contribution in [0.1, 0.15) is 11.6 Å². The summed E-state index contributed by atoms with van der Waals surface area (Å²) in [7, 11) is 0. The van der Waals surface area contributed by atoms with Crippen LogP contribution in [0.25, 0.3) is 0 Å². The molecule has 1 N–H and O–H groups in total. The summed E-state index contributed by atoms with van der Waals surface area (Å²) in [5, 5.41) is 2.70. The average Bonchev–Trinajstić information content (AvgIpc) is 2.90. The van der Waals surface area contributed by atoms with Gasteiger partial charge in [0.15, 0.2) is 0 Å². The van der Waals surface area contributed by atoms with Crippen LogP contribution in [-0.2, 0) is 14.3 Å². The van der Waals surface area contributed by atoms with E-state index in [0.717, 1.165) is 5.56 Å². The van der Waals surface area contributed by atoms with E-state index >= 15 is 0 Å². The lowest BCUT2D eigenvalue weighted by Crippen LogP contribution is -2.47. The summed E-state index contributed by atoms with van der Waals surface area (Å²) in [6.07, 6.45) is -1.35. The van der Waals surface area contributed by atoms with Crippen LogP contribution in [0.3, 0.4) is 0 Å². The molecule has 20 heavy (non-hydrogen) atoms. The molecule has 106 valence electrons. The van der Waals surface area contributed by atoms with E-state index in [9.17, 15) is 9.59 Å². The van der Waals surface area contributed by atoms with Gasteiger partial charge in [-0.05, 0) is 5.56 Å². The molecular weight excluding hydrogens is 260 g/mol. The molecule has 2 aliphatic heterocycles. The van der Waals surface area contributed by atoms with Crippen molar-refractivity contribution in [2.24, 2.45) is 0 Å². The third kappa shape index (κ3) is 2.46. The van der Waals surface area contributed by atoms with E-state index in [1.807, 2.05) is 30.3 Å². The molecule has 2 saturated heterocycles. The molecule has 0 aliphatic carbocycles. The number of amides is 2. The summed E-state index contributed by atoms with van der Waals surface area (Å²) in [4.78, 5) is 25.7. The highest BCUT2D eigenvalue weighted by molar-refractivity contribution is 5.87. The van der Waals surface area contributed by atoms with E-state index in [1.165, 1.54) is 0 Å². The lowest BCUT2D eigenvalue weighted by atomic mass is 10.0. The van der Waals surface area contributed by atoms with Crippen molar-refractivity contribution >= 4 is 12.0 Å². The molecule has 2 aliphatic rings. The van der Waals surface area contributed by atoms with Gasteiger partial charge in [0.25, 0.3) is 5.91 Å². The maximum absolute atomic E-state index is 12.5. The van der Waals surface area contributed by atoms with E-state index in [4.69, 9.17) is 9.47 Å². The first-order valence-corrected chi connectivity index (χ1v) is 6.64. The van der Waals surface area contributed by atoms with Crippen LogP contribution in [0.15, 0.2) is 30.3 Å². The largest absolute Gasteiger partial charge is 0.433 e. The first kappa shape index (κ1) is 12.9. The molecule has 0 spiro atoms. The van der Waals surface area contributed by atoms with Gasteiger partial charge >= 0.3 is 6.09 Å². The van der Waals surface area contributed by atoms with Crippen LogP contribution in [0.2, 0.25) is 0 Å². The zero-order valence-electron chi connectivity index (χ0n) is 11.0. The molecule has 0 bridgehead atoms. The van der Waals surface area contributed by atoms with Gasteiger partial charge in [0.2, 0.25) is 6.10 Å². The van der Waals surface area contributed by atoms with Crippen molar-refractivity contribution < 1.29 is 19.1 Å². The third-order valence-electron chi connectivity index (χ3n) is 3.53. The van der Waals surface area contributed by atoms with Gasteiger partial charge in [0.1, 0.15) is 6.04 Å². The highest BCUT2D eigenvalue weighted by atomic mass is 16.6. The summed E-state index contributed by atoms with van der Waals surface area (Å²) in [6.45, 7) is 2.12. The van der Waals surface area contributed by atoms with E-state index in [-0.39, 0.29) is 5.91 Å². The van der Waals surface area contributed by atoms with Crippen molar-refractivity contribution in [2.75, 3.05) is 26.3 Å². The Kier molecular flexibility index (Phi) is 3.56. The van der Waals surface area contributed by atoms with Crippen molar-refractivity contribution in [1.82, 2.24) is 10.2 Å². The molecule has 0 radical (unpaired) electrons. The Morgan fingerprint density at radius 3 is 2.60 bits per heavy atom. The third-order valence-corrected chi connectivity index (χ3v) is 3.53. The fourth-order valence-corrected chi connectivity index (χ4v) is 2.50. The van der Waals surface area contributed by atoms with Gasteiger partial charge in [0, 0.05) is 13.1 Å². The van der Waals surface area contributed by atoms with Crippen LogP contribution >= 0.6 is 0 Å². The van der Waals surface area contributed by atoms with Gasteiger partial charge in [-0.2, -0.15) is 0 Å². The first-order chi connectivity index (χ1) is 9.75. The van der Waals surface area contributed by atoms with Crippen molar-refractivity contribution in [3.05, 3.63) is 35.9 Å². The quantitative estimate of drug-likeness (QED) is 0.863. The molecule has 2 fully saturated rings. The summed E-state index contributed by atoms with van der Waals surface area (Å²) < 4.78 is 10.4. The Labute approximate surface area is 116 Å². The van der Waals surface area contributed by atoms with Crippen LogP contribution in [-0.4, -0.2) is 49.3 Å². The standard InChI is InChI=1S/C14H16N2O4/c17-13(16-6-8-19-9-7-16)12-11(15-14(18)20-12)10-4-2-1-3-5-10/h1-5,11-12H,6-9H2,(H,15,18)/t11-,12+/m0/s1. The molecule has 3 rings (SSSR count). The summed E-state index contributed by atoms with van der Waals surface area (Å²) >= 11 is 0. The zero-order valence-corrected chi connectivity index (χ0v) is 11.0. The molecule has 2 atom stereocenters. The highest BCUT2D eigenvalue weighted by Gasteiger charge is 2.42. The molecular formula is C14H16N2O4. The van der Waals surface area contributed by atoms with Crippen molar-refractivity contribution in [1.29, 1.82) is 0 Å². The van der Waals surface area contributed by atoms with E-state index in [0.29, 0.717) is 26.3 Å². The highest BCUT2D eigenvalue weighted by Crippen LogP contribution is 2.26. The van der Waals surface area contributed by atoms with E-state index in [1.54, 1.807) is 4.90 Å². The second-order valence-corrected chi connectivity index (χ2v) is 4.80. The molecule has 1 aromatic carbocycles. The van der Waals surface area contributed by atoms with Gasteiger partial charge < -0.3 is 19.7 Å². The number of nitrogens with zero attached hydrogens (tertiary/aromatic N) is 1. The number of benzene rings is 1. The predicted molar refractivity (Wildman–Crippen MR) is 70.0 cm³/mol. The fraction of sp³-hybridized carbons (Fsp3) is 0.429. The summed E-state index contributed by atoms with van der Waals surface area (Å²) in [5.74, 6) is -0.166. The van der Waals surface area contributed by atoms with Gasteiger partial charge in [-0.3, -0.25) is 4.79 Å². The van der Waals surface area contributed by atoms with Gasteiger partial charge in [-0.15, -0.1) is 0 Å². The lowest BCUT2D eigenvalue weighted by molar-refractivity contribution is -0.143. The minimum absolute atomic E-state index is 0.166. The number of carbonyl (C=O) groups is 2. The Hall–Kier alpha value is -2.08. The van der Waals surface area contributed by atoms with Crippen molar-refractivity contribution in [3.63, 3.8) is 0 Å². The number of rotatable bonds is 2. The molecule has 0 unspecified atom stereocenters. The van der Waals surface area contributed by atoms with Gasteiger partial charge in [-0.25, -0.2) is 4.79 Å². The average molecular weight is 276 g/mol. The normalized spacial score (nSPS) is 26.0. The molecule has 1 aromatic rings. The minimum Gasteiger partial charge on any atom is -0.433 e. The molecule has 0 saturated carbocycles. The Bertz CT molecular complexity index is 499. The number of carbonyl (C=O) groups excluding carboxylic acids is 2. The molecule has 0 aromatic heterocycles. The van der Waals surface area contributed by atoms with E-state index < -0.39 is 18.2 Å². The number of alkyl carbamates (subject to hydrolysis) is 1.